The van der Waals surface area contributed by atoms with Gasteiger partial charge < -0.3 is 32.2 Å². The third kappa shape index (κ3) is 9.25. The number of nitrogens with one attached hydrogen (secondary N) is 4. The van der Waals surface area contributed by atoms with E-state index in [1.54, 1.807) is 18.4 Å². The summed E-state index contributed by atoms with van der Waals surface area (Å²) in [6.07, 6.45) is 13.0. The van der Waals surface area contributed by atoms with E-state index in [9.17, 15) is 5.11 Å². The standard InChI is InChI=1S/C25H41ClN8O/c1-4-5-6-7-11-30-12-10-19(28)15-32-25(29-2)21(13-18(26)14-27)33-17-34(3)22-9-8-20-23(35)16-31-24(20)22/h4,10,12-14,20,22-24,27,31-33,35H,1-2,5-9,11,15-17,28H2,3H3/t20-,22?,23?,24+/m1/s1. The van der Waals surface area contributed by atoms with Gasteiger partial charge in [-0.2, -0.15) is 0 Å². The fourth-order valence-electron chi connectivity index (χ4n) is 4.54. The highest BCUT2D eigenvalue weighted by Gasteiger charge is 2.45. The molecule has 2 fully saturated rings. The molecular weight excluding hydrogens is 464 g/mol. The second-order valence-electron chi connectivity index (χ2n) is 8.93. The molecule has 2 aliphatic rings. The summed E-state index contributed by atoms with van der Waals surface area (Å²) < 4.78 is 0. The second-order valence-corrected chi connectivity index (χ2v) is 9.37. The Hall–Kier alpha value is -2.46. The summed E-state index contributed by atoms with van der Waals surface area (Å²) in [5.74, 6) is 0.789. The monoisotopic (exact) mass is 504 g/mol. The first-order chi connectivity index (χ1) is 16.9. The zero-order chi connectivity index (χ0) is 25.6. The van der Waals surface area contributed by atoms with E-state index >= 15 is 0 Å². The number of aliphatic hydroxyl groups is 1. The molecule has 10 heteroatoms. The first-order valence-corrected chi connectivity index (χ1v) is 12.5. The fourth-order valence-corrected chi connectivity index (χ4v) is 4.64. The number of aliphatic hydroxyl groups excluding tert-OH is 1. The molecule has 1 heterocycles. The Morgan fingerprint density at radius 2 is 2.14 bits per heavy atom. The normalized spacial score (nSPS) is 25.5. The predicted molar refractivity (Wildman–Crippen MR) is 147 cm³/mol. The average Bonchev–Trinajstić information content (AvgIpc) is 3.44. The van der Waals surface area contributed by atoms with Crippen LogP contribution in [0.2, 0.25) is 0 Å². The number of likely N-dealkylation sites (N-methyl/N-ethyl adjacent to an activating group) is 1. The highest BCUT2D eigenvalue weighted by molar-refractivity contribution is 6.39. The summed E-state index contributed by atoms with van der Waals surface area (Å²) in [6.45, 7) is 9.69. The highest BCUT2D eigenvalue weighted by atomic mass is 35.5. The zero-order valence-corrected chi connectivity index (χ0v) is 21.5. The van der Waals surface area contributed by atoms with Crippen molar-refractivity contribution in [3.8, 4) is 0 Å². The van der Waals surface area contributed by atoms with E-state index in [0.29, 0.717) is 48.9 Å². The Labute approximate surface area is 214 Å². The van der Waals surface area contributed by atoms with Crippen LogP contribution in [0, 0.1) is 11.3 Å². The number of allylic oxidation sites excluding steroid dienone is 4. The Morgan fingerprint density at radius 1 is 1.34 bits per heavy atom. The molecule has 0 aromatic rings. The van der Waals surface area contributed by atoms with Crippen molar-refractivity contribution in [1.82, 2.24) is 20.9 Å². The molecule has 0 aromatic carbocycles. The molecule has 0 aromatic heterocycles. The van der Waals surface area contributed by atoms with Gasteiger partial charge in [0.25, 0.3) is 0 Å². The topological polar surface area (TPSA) is 134 Å². The molecule has 1 aliphatic heterocycles. The number of fused-ring (bicyclic) bond motifs is 1. The summed E-state index contributed by atoms with van der Waals surface area (Å²) in [7, 11) is 2.05. The molecule has 35 heavy (non-hydrogen) atoms. The van der Waals surface area contributed by atoms with Crippen LogP contribution in [0.3, 0.4) is 0 Å². The molecule has 7 N–H and O–H groups in total. The van der Waals surface area contributed by atoms with Gasteiger partial charge in [-0.15, -0.1) is 6.58 Å². The van der Waals surface area contributed by atoms with Crippen LogP contribution in [0.4, 0.5) is 0 Å². The van der Waals surface area contributed by atoms with Gasteiger partial charge in [0.15, 0.2) is 0 Å². The lowest BCUT2D eigenvalue weighted by Crippen LogP contribution is -2.47. The summed E-state index contributed by atoms with van der Waals surface area (Å²) >= 11 is 6.13. The van der Waals surface area contributed by atoms with E-state index in [1.807, 2.05) is 6.08 Å². The third-order valence-electron chi connectivity index (χ3n) is 6.45. The maximum atomic E-state index is 10.2. The van der Waals surface area contributed by atoms with Crippen LogP contribution in [0.15, 0.2) is 57.0 Å². The maximum Gasteiger partial charge on any atom is 0.149 e. The van der Waals surface area contributed by atoms with Crippen molar-refractivity contribution in [2.75, 3.05) is 33.4 Å². The second kappa shape index (κ2) is 15.5. The predicted octanol–water partition coefficient (Wildman–Crippen LogP) is 2.08. The van der Waals surface area contributed by atoms with Crippen molar-refractivity contribution in [3.63, 3.8) is 0 Å². The lowest BCUT2D eigenvalue weighted by atomic mass is 10.0. The number of β-amino-alcohol motifs (C(OH)–C–C–N with tert-alkyl or cyclic N) is 1. The molecule has 0 amide bonds. The number of rotatable bonds is 16. The summed E-state index contributed by atoms with van der Waals surface area (Å²) in [6, 6.07) is 0.601. The maximum absolute atomic E-state index is 10.2. The van der Waals surface area contributed by atoms with Crippen molar-refractivity contribution >= 4 is 30.7 Å². The molecule has 1 aliphatic carbocycles. The number of nitrogens with zero attached hydrogens (tertiary/aromatic N) is 3. The number of nitrogens with two attached hydrogens (primary N) is 1. The minimum absolute atomic E-state index is 0.256. The van der Waals surface area contributed by atoms with E-state index in [0.717, 1.165) is 44.9 Å². The van der Waals surface area contributed by atoms with Gasteiger partial charge in [0.1, 0.15) is 5.82 Å². The van der Waals surface area contributed by atoms with Gasteiger partial charge in [-0.1, -0.05) is 17.7 Å². The van der Waals surface area contributed by atoms with Crippen molar-refractivity contribution < 1.29 is 5.11 Å². The van der Waals surface area contributed by atoms with Crippen molar-refractivity contribution in [1.29, 1.82) is 5.41 Å². The van der Waals surface area contributed by atoms with Crippen LogP contribution in [-0.2, 0) is 0 Å². The quantitative estimate of drug-likeness (QED) is 0.0626. The van der Waals surface area contributed by atoms with E-state index < -0.39 is 0 Å². The number of hydrogen-bond acceptors (Lipinski definition) is 9. The number of aliphatic imine (C=N–C) groups is 2. The molecule has 1 saturated carbocycles. The Bertz CT molecular complexity index is 837. The van der Waals surface area contributed by atoms with Crippen LogP contribution >= 0.6 is 11.6 Å². The first kappa shape index (κ1) is 28.8. The first-order valence-electron chi connectivity index (χ1n) is 12.1. The Balaban J connectivity index is 1.97. The lowest BCUT2D eigenvalue weighted by molar-refractivity contribution is 0.140. The van der Waals surface area contributed by atoms with Gasteiger partial charge in [0.05, 0.1) is 30.0 Å². The average molecular weight is 505 g/mol. The van der Waals surface area contributed by atoms with Gasteiger partial charge in [-0.05, 0) is 58.0 Å². The van der Waals surface area contributed by atoms with Crippen molar-refractivity contribution in [2.24, 2.45) is 21.6 Å². The molecule has 2 rings (SSSR count). The number of hydrogen-bond donors (Lipinski definition) is 6. The van der Waals surface area contributed by atoms with Crippen LogP contribution in [0.1, 0.15) is 32.1 Å². The molecule has 9 nitrogen and oxygen atoms in total. The van der Waals surface area contributed by atoms with E-state index in [4.69, 9.17) is 22.7 Å². The van der Waals surface area contributed by atoms with Crippen LogP contribution in [0.5, 0.6) is 0 Å². The van der Waals surface area contributed by atoms with Gasteiger partial charge >= 0.3 is 0 Å². The fraction of sp³-hybridized carbons (Fsp3) is 0.560. The van der Waals surface area contributed by atoms with E-state index in [2.05, 4.69) is 51.2 Å². The van der Waals surface area contributed by atoms with Crippen molar-refractivity contribution in [2.45, 2.75) is 50.3 Å². The number of unbranched alkanes of at least 4 members (excludes halogenated alkanes) is 2. The van der Waals surface area contributed by atoms with E-state index in [1.165, 1.54) is 0 Å². The van der Waals surface area contributed by atoms with Gasteiger partial charge in [-0.3, -0.25) is 9.89 Å². The number of halogens is 1. The molecule has 0 radical (unpaired) electrons. The van der Waals surface area contributed by atoms with Crippen LogP contribution in [0.25, 0.3) is 0 Å². The summed E-state index contributed by atoms with van der Waals surface area (Å²) in [5, 5.41) is 27.9. The molecule has 4 atom stereocenters. The Morgan fingerprint density at radius 3 is 2.86 bits per heavy atom. The molecule has 1 saturated heterocycles. The highest BCUT2D eigenvalue weighted by Crippen LogP contribution is 2.34. The van der Waals surface area contributed by atoms with Crippen molar-refractivity contribution in [3.05, 3.63) is 47.1 Å². The Kier molecular flexibility index (Phi) is 12.8. The van der Waals surface area contributed by atoms with Gasteiger partial charge in [0, 0.05) is 49.2 Å². The SMILES string of the molecule is C=CCCCCN=CC=C(N)CNC(N=C)=C(C=C(Cl)C=N)NCN(C)C1CC[C@@H]2C(O)CN[C@H]12. The molecule has 2 unspecified atom stereocenters. The molecular formula is C25H41ClN8O. The summed E-state index contributed by atoms with van der Waals surface area (Å²) in [5.41, 5.74) is 7.32. The molecule has 0 spiro atoms. The van der Waals surface area contributed by atoms with Gasteiger partial charge in [0.2, 0.25) is 0 Å². The zero-order valence-electron chi connectivity index (χ0n) is 20.7. The summed E-state index contributed by atoms with van der Waals surface area (Å²) in [4.78, 5) is 10.7. The van der Waals surface area contributed by atoms with Crippen LogP contribution < -0.4 is 21.7 Å². The lowest BCUT2D eigenvalue weighted by Gasteiger charge is -2.30. The third-order valence-corrected chi connectivity index (χ3v) is 6.66. The molecule has 194 valence electrons. The largest absolute Gasteiger partial charge is 0.401 e. The minimum atomic E-state index is -0.266. The minimum Gasteiger partial charge on any atom is -0.401 e. The molecule has 0 bridgehead atoms. The van der Waals surface area contributed by atoms with E-state index in [-0.39, 0.29) is 17.2 Å². The van der Waals surface area contributed by atoms with Gasteiger partial charge in [-0.25, -0.2) is 4.99 Å². The smallest absolute Gasteiger partial charge is 0.149 e. The van der Waals surface area contributed by atoms with Crippen LogP contribution in [-0.4, -0.2) is 80.7 Å².